The number of carboxylic acid groups (broad SMARTS) is 1. The van der Waals surface area contributed by atoms with Crippen LogP contribution in [0.1, 0.15) is 31.1 Å². The lowest BCUT2D eigenvalue weighted by Gasteiger charge is -2.13. The molecule has 0 spiro atoms. The van der Waals surface area contributed by atoms with Crippen molar-refractivity contribution in [3.63, 3.8) is 0 Å². The summed E-state index contributed by atoms with van der Waals surface area (Å²) in [4.78, 5) is 36.7. The summed E-state index contributed by atoms with van der Waals surface area (Å²) in [6.45, 7) is 0. The Morgan fingerprint density at radius 2 is 1.37 bits per heavy atom. The van der Waals surface area contributed by atoms with E-state index in [2.05, 4.69) is 10.6 Å². The van der Waals surface area contributed by atoms with Crippen LogP contribution < -0.4 is 15.4 Å². The number of rotatable bonds is 6. The van der Waals surface area contributed by atoms with E-state index in [4.69, 9.17) is 4.74 Å². The number of amides is 2. The number of hydrogen-bond donors (Lipinski definition) is 3. The van der Waals surface area contributed by atoms with Crippen LogP contribution in [0.25, 0.3) is 0 Å². The normalized spacial score (nSPS) is 10.2. The molecule has 30 heavy (non-hydrogen) atoms. The van der Waals surface area contributed by atoms with Crippen LogP contribution >= 0.6 is 0 Å². The highest BCUT2D eigenvalue weighted by atomic mass is 19.1. The number of aromatic carboxylic acids is 1. The number of halogens is 1. The van der Waals surface area contributed by atoms with E-state index in [1.165, 1.54) is 55.6 Å². The zero-order chi connectivity index (χ0) is 21.7. The van der Waals surface area contributed by atoms with E-state index in [-0.39, 0.29) is 28.1 Å². The lowest BCUT2D eigenvalue weighted by molar-refractivity contribution is 0.0697. The first-order chi connectivity index (χ1) is 14.4. The number of hydrogen-bond acceptors (Lipinski definition) is 4. The molecule has 0 saturated heterocycles. The van der Waals surface area contributed by atoms with Gasteiger partial charge in [0.1, 0.15) is 11.6 Å². The summed E-state index contributed by atoms with van der Waals surface area (Å²) < 4.78 is 18.9. The summed E-state index contributed by atoms with van der Waals surface area (Å²) in [5.41, 5.74) is -0.0434. The van der Waals surface area contributed by atoms with Crippen molar-refractivity contribution in [3.05, 3.63) is 89.2 Å². The van der Waals surface area contributed by atoms with Crippen LogP contribution in [0.5, 0.6) is 5.75 Å². The van der Waals surface area contributed by atoms with E-state index in [1.807, 2.05) is 0 Å². The summed E-state index contributed by atoms with van der Waals surface area (Å²) in [6, 6.07) is 15.8. The summed E-state index contributed by atoms with van der Waals surface area (Å²) in [6.07, 6.45) is 0. The van der Waals surface area contributed by atoms with Crippen molar-refractivity contribution in [2.45, 2.75) is 0 Å². The molecule has 0 aliphatic carbocycles. The van der Waals surface area contributed by atoms with Gasteiger partial charge < -0.3 is 20.5 Å². The predicted octanol–water partition coefficient (Wildman–Crippen LogP) is 4.04. The molecule has 3 aromatic carbocycles. The van der Waals surface area contributed by atoms with Crippen molar-refractivity contribution in [1.29, 1.82) is 0 Å². The van der Waals surface area contributed by atoms with E-state index >= 15 is 0 Å². The molecule has 2 amide bonds. The molecule has 0 fully saturated rings. The van der Waals surface area contributed by atoms with Gasteiger partial charge in [-0.05, 0) is 42.5 Å². The van der Waals surface area contributed by atoms with Gasteiger partial charge in [-0.15, -0.1) is 0 Å². The van der Waals surface area contributed by atoms with Gasteiger partial charge in [0.05, 0.1) is 35.2 Å². The Kier molecular flexibility index (Phi) is 6.07. The first-order valence-electron chi connectivity index (χ1n) is 8.78. The molecule has 7 nitrogen and oxygen atoms in total. The highest BCUT2D eigenvalue weighted by Crippen LogP contribution is 2.24. The van der Waals surface area contributed by atoms with Crippen molar-refractivity contribution in [1.82, 2.24) is 0 Å². The van der Waals surface area contributed by atoms with Gasteiger partial charge in [0.2, 0.25) is 0 Å². The number of carboxylic acids is 1. The van der Waals surface area contributed by atoms with Crippen LogP contribution in [-0.2, 0) is 0 Å². The Labute approximate surface area is 171 Å². The molecule has 8 heteroatoms. The SMILES string of the molecule is COc1ccc(NC(=O)c2ccccc2NC(=O)c2ccccc2F)c(C(=O)O)c1. The van der Waals surface area contributed by atoms with Gasteiger partial charge in [-0.2, -0.15) is 0 Å². The molecule has 152 valence electrons. The second-order valence-corrected chi connectivity index (χ2v) is 6.15. The average Bonchev–Trinajstić information content (AvgIpc) is 2.74. The molecule has 0 bridgehead atoms. The molecular formula is C22H17FN2O5. The number of carbonyl (C=O) groups is 3. The third-order valence-corrected chi connectivity index (χ3v) is 4.24. The minimum absolute atomic E-state index is 0.0588. The Morgan fingerprint density at radius 1 is 0.800 bits per heavy atom. The number of benzene rings is 3. The highest BCUT2D eigenvalue weighted by Gasteiger charge is 2.19. The molecule has 3 N–H and O–H groups in total. The number of anilines is 2. The van der Waals surface area contributed by atoms with E-state index in [9.17, 15) is 23.9 Å². The Hall–Kier alpha value is -4.20. The lowest BCUT2D eigenvalue weighted by atomic mass is 10.1. The van der Waals surface area contributed by atoms with Gasteiger partial charge in [0, 0.05) is 0 Å². The van der Waals surface area contributed by atoms with Gasteiger partial charge in [-0.25, -0.2) is 9.18 Å². The summed E-state index contributed by atoms with van der Waals surface area (Å²) in [7, 11) is 1.40. The van der Waals surface area contributed by atoms with Crippen LogP contribution in [0.3, 0.4) is 0 Å². The van der Waals surface area contributed by atoms with Crippen LogP contribution in [0.2, 0.25) is 0 Å². The molecule has 0 unspecified atom stereocenters. The third-order valence-electron chi connectivity index (χ3n) is 4.24. The minimum Gasteiger partial charge on any atom is -0.497 e. The smallest absolute Gasteiger partial charge is 0.337 e. The van der Waals surface area contributed by atoms with Gasteiger partial charge in [0.15, 0.2) is 0 Å². The van der Waals surface area contributed by atoms with E-state index in [0.29, 0.717) is 5.75 Å². The topological polar surface area (TPSA) is 105 Å². The fourth-order valence-electron chi connectivity index (χ4n) is 2.75. The van der Waals surface area contributed by atoms with Crippen molar-refractivity contribution >= 4 is 29.2 Å². The summed E-state index contributed by atoms with van der Waals surface area (Å²) in [5.74, 6) is -2.98. The maximum absolute atomic E-state index is 13.9. The van der Waals surface area contributed by atoms with Gasteiger partial charge in [-0.3, -0.25) is 9.59 Å². The largest absolute Gasteiger partial charge is 0.497 e. The number of methoxy groups -OCH3 is 1. The lowest BCUT2D eigenvalue weighted by Crippen LogP contribution is -2.20. The molecule has 0 radical (unpaired) electrons. The number of para-hydroxylation sites is 1. The Bertz CT molecular complexity index is 1130. The number of ether oxygens (including phenoxy) is 1. The van der Waals surface area contributed by atoms with E-state index in [1.54, 1.807) is 12.1 Å². The molecule has 0 heterocycles. The monoisotopic (exact) mass is 408 g/mol. The summed E-state index contributed by atoms with van der Waals surface area (Å²) in [5, 5.41) is 14.4. The molecule has 3 rings (SSSR count). The Balaban J connectivity index is 1.87. The van der Waals surface area contributed by atoms with Gasteiger partial charge in [0.25, 0.3) is 11.8 Å². The predicted molar refractivity (Wildman–Crippen MR) is 109 cm³/mol. The average molecular weight is 408 g/mol. The molecule has 3 aromatic rings. The number of carbonyl (C=O) groups excluding carboxylic acids is 2. The fourth-order valence-corrected chi connectivity index (χ4v) is 2.75. The molecule has 0 saturated carbocycles. The third kappa shape index (κ3) is 4.44. The fraction of sp³-hybridized carbons (Fsp3) is 0.0455. The molecule has 0 atom stereocenters. The Morgan fingerprint density at radius 3 is 2.00 bits per heavy atom. The molecule has 0 aliphatic heterocycles. The maximum atomic E-state index is 13.9. The zero-order valence-electron chi connectivity index (χ0n) is 15.8. The van der Waals surface area contributed by atoms with Crippen LogP contribution in [0, 0.1) is 5.82 Å². The first kappa shape index (κ1) is 20.5. The second kappa shape index (κ2) is 8.87. The molecule has 0 aromatic heterocycles. The van der Waals surface area contributed by atoms with Crippen molar-refractivity contribution < 1.29 is 28.6 Å². The first-order valence-corrected chi connectivity index (χ1v) is 8.78. The minimum atomic E-state index is -1.25. The number of nitrogens with one attached hydrogen (secondary N) is 2. The maximum Gasteiger partial charge on any atom is 0.337 e. The van der Waals surface area contributed by atoms with Crippen molar-refractivity contribution in [2.24, 2.45) is 0 Å². The molecular weight excluding hydrogens is 391 g/mol. The molecule has 0 aliphatic rings. The van der Waals surface area contributed by atoms with Crippen LogP contribution in [-0.4, -0.2) is 30.0 Å². The van der Waals surface area contributed by atoms with Crippen molar-refractivity contribution in [2.75, 3.05) is 17.7 Å². The van der Waals surface area contributed by atoms with Crippen LogP contribution in [0.4, 0.5) is 15.8 Å². The van der Waals surface area contributed by atoms with E-state index in [0.717, 1.165) is 6.07 Å². The quantitative estimate of drug-likeness (QED) is 0.571. The van der Waals surface area contributed by atoms with Crippen LogP contribution in [0.15, 0.2) is 66.7 Å². The standard InChI is InChI=1S/C22H17FN2O5/c1-30-13-10-11-19(16(12-13)22(28)29)25-21(27)15-7-3-5-9-18(15)24-20(26)14-6-2-4-8-17(14)23/h2-12H,1H3,(H,24,26)(H,25,27)(H,28,29). The van der Waals surface area contributed by atoms with Gasteiger partial charge in [-0.1, -0.05) is 24.3 Å². The van der Waals surface area contributed by atoms with E-state index < -0.39 is 23.6 Å². The van der Waals surface area contributed by atoms with Crippen molar-refractivity contribution in [3.8, 4) is 5.75 Å². The summed E-state index contributed by atoms with van der Waals surface area (Å²) >= 11 is 0. The second-order valence-electron chi connectivity index (χ2n) is 6.15. The van der Waals surface area contributed by atoms with Gasteiger partial charge >= 0.3 is 5.97 Å². The zero-order valence-corrected chi connectivity index (χ0v) is 15.8. The highest BCUT2D eigenvalue weighted by molar-refractivity contribution is 6.13.